The molecule has 1 fully saturated rings. The van der Waals surface area contributed by atoms with Gasteiger partial charge in [0, 0.05) is 18.2 Å². The quantitative estimate of drug-likeness (QED) is 0.917. The Morgan fingerprint density at radius 3 is 2.83 bits per heavy atom. The van der Waals surface area contributed by atoms with Crippen LogP contribution in [-0.2, 0) is 0 Å². The first-order valence-electron chi connectivity index (χ1n) is 5.95. The van der Waals surface area contributed by atoms with Crippen molar-refractivity contribution < 1.29 is 0 Å². The van der Waals surface area contributed by atoms with E-state index in [1.807, 2.05) is 31.4 Å². The highest BCUT2D eigenvalue weighted by atomic mass is 32.1. The molecule has 2 aromatic rings. The molecule has 0 radical (unpaired) electrons. The first-order chi connectivity index (χ1) is 8.81. The van der Waals surface area contributed by atoms with Gasteiger partial charge in [0.15, 0.2) is 0 Å². The minimum atomic E-state index is 0.615. The van der Waals surface area contributed by atoms with Gasteiger partial charge in [0.05, 0.1) is 10.6 Å². The summed E-state index contributed by atoms with van der Waals surface area (Å²) in [6, 6.07) is 10.8. The van der Waals surface area contributed by atoms with Crippen LogP contribution in [0.4, 0.5) is 0 Å². The third-order valence-corrected chi connectivity index (χ3v) is 4.36. The Bertz CT molecular complexity index is 594. The molecule has 0 aromatic carbocycles. The Kier molecular flexibility index (Phi) is 2.86. The largest absolute Gasteiger partial charge is 0.316 e. The lowest BCUT2D eigenvalue weighted by Crippen LogP contribution is -2.10. The van der Waals surface area contributed by atoms with Crippen LogP contribution < -0.4 is 5.32 Å². The van der Waals surface area contributed by atoms with Crippen molar-refractivity contribution in [3.05, 3.63) is 40.9 Å². The lowest BCUT2D eigenvalue weighted by molar-refractivity contribution is 0.782. The molecule has 3 nitrogen and oxygen atoms in total. The van der Waals surface area contributed by atoms with E-state index in [1.165, 1.54) is 23.3 Å². The van der Waals surface area contributed by atoms with Gasteiger partial charge < -0.3 is 5.32 Å². The molecule has 0 spiro atoms. The first kappa shape index (κ1) is 11.4. The Hall–Kier alpha value is -1.70. The van der Waals surface area contributed by atoms with Crippen molar-refractivity contribution >= 4 is 11.3 Å². The highest BCUT2D eigenvalue weighted by molar-refractivity contribution is 7.15. The monoisotopic (exact) mass is 255 g/mol. The molecule has 3 rings (SSSR count). The fraction of sp³-hybridized carbons (Fsp3) is 0.286. The zero-order valence-electron chi connectivity index (χ0n) is 10.1. The van der Waals surface area contributed by atoms with E-state index in [-0.39, 0.29) is 0 Å². The van der Waals surface area contributed by atoms with Gasteiger partial charge in [-0.15, -0.1) is 11.3 Å². The van der Waals surface area contributed by atoms with Crippen LogP contribution in [0.25, 0.3) is 10.6 Å². The van der Waals surface area contributed by atoms with Crippen molar-refractivity contribution in [2.24, 2.45) is 0 Å². The average Bonchev–Trinajstić information content (AvgIpc) is 3.06. The number of hydrogen-bond donors (Lipinski definition) is 1. The molecule has 0 saturated heterocycles. The van der Waals surface area contributed by atoms with Gasteiger partial charge in [-0.25, -0.2) is 0 Å². The van der Waals surface area contributed by atoms with E-state index in [1.54, 1.807) is 0 Å². The molecule has 0 bridgehead atoms. The molecular weight excluding hydrogens is 242 g/mol. The molecule has 0 unspecified atom stereocenters. The minimum absolute atomic E-state index is 0.615. The van der Waals surface area contributed by atoms with E-state index in [0.717, 1.165) is 15.4 Å². The van der Waals surface area contributed by atoms with E-state index in [0.29, 0.717) is 12.0 Å². The van der Waals surface area contributed by atoms with Crippen LogP contribution in [0.2, 0.25) is 0 Å². The molecule has 1 N–H and O–H groups in total. The van der Waals surface area contributed by atoms with Gasteiger partial charge in [-0.1, -0.05) is 6.07 Å². The van der Waals surface area contributed by atoms with E-state index in [4.69, 9.17) is 5.26 Å². The van der Waals surface area contributed by atoms with Crippen LogP contribution in [0.15, 0.2) is 30.5 Å². The fourth-order valence-electron chi connectivity index (χ4n) is 2.19. The lowest BCUT2D eigenvalue weighted by Gasteiger charge is -2.01. The molecule has 0 amide bonds. The molecule has 0 aliphatic heterocycles. The standard InChI is InChI=1S/C14H13N3S/c1-16-13-6-11(13)9-2-4-12(17-8-9)14-5-3-10(7-15)18-14/h2-5,8,11,13,16H,6H2,1H3/t11-,13+/m1/s1. The van der Waals surface area contributed by atoms with E-state index in [9.17, 15) is 0 Å². The molecule has 2 heterocycles. The topological polar surface area (TPSA) is 48.7 Å². The maximum absolute atomic E-state index is 8.81. The number of thiophene rings is 1. The van der Waals surface area contributed by atoms with Gasteiger partial charge in [-0.2, -0.15) is 5.26 Å². The normalized spacial score (nSPS) is 21.6. The smallest absolute Gasteiger partial charge is 0.110 e. The van der Waals surface area contributed by atoms with Crippen LogP contribution in [-0.4, -0.2) is 18.1 Å². The van der Waals surface area contributed by atoms with Gasteiger partial charge in [-0.3, -0.25) is 4.98 Å². The number of likely N-dealkylation sites (N-methyl/N-ethyl adjacent to an activating group) is 1. The van der Waals surface area contributed by atoms with Gasteiger partial charge in [0.2, 0.25) is 0 Å². The molecule has 2 atom stereocenters. The summed E-state index contributed by atoms with van der Waals surface area (Å²) in [5, 5.41) is 12.1. The van der Waals surface area contributed by atoms with Gasteiger partial charge in [-0.05, 0) is 37.2 Å². The predicted molar refractivity (Wildman–Crippen MR) is 72.5 cm³/mol. The minimum Gasteiger partial charge on any atom is -0.316 e. The summed E-state index contributed by atoms with van der Waals surface area (Å²) in [6.07, 6.45) is 3.16. The van der Waals surface area contributed by atoms with Crippen molar-refractivity contribution in [2.75, 3.05) is 7.05 Å². The van der Waals surface area contributed by atoms with Crippen LogP contribution in [0.3, 0.4) is 0 Å². The lowest BCUT2D eigenvalue weighted by atomic mass is 10.1. The Morgan fingerprint density at radius 1 is 1.39 bits per heavy atom. The van der Waals surface area contributed by atoms with Crippen LogP contribution >= 0.6 is 11.3 Å². The third-order valence-electron chi connectivity index (χ3n) is 3.34. The van der Waals surface area contributed by atoms with Gasteiger partial charge in [0.25, 0.3) is 0 Å². The molecule has 1 aliphatic carbocycles. The molecule has 2 aromatic heterocycles. The summed E-state index contributed by atoms with van der Waals surface area (Å²) in [5.41, 5.74) is 2.25. The molecule has 90 valence electrons. The van der Waals surface area contributed by atoms with E-state index in [2.05, 4.69) is 22.4 Å². The fourth-order valence-corrected chi connectivity index (χ4v) is 2.97. The second kappa shape index (κ2) is 4.52. The van der Waals surface area contributed by atoms with Crippen molar-refractivity contribution in [3.63, 3.8) is 0 Å². The van der Waals surface area contributed by atoms with Crippen LogP contribution in [0.5, 0.6) is 0 Å². The number of nitrogens with zero attached hydrogens (tertiary/aromatic N) is 2. The Labute approximate surface area is 110 Å². The maximum atomic E-state index is 8.81. The SMILES string of the molecule is CN[C@H]1C[C@@H]1c1ccc(-c2ccc(C#N)s2)nc1. The summed E-state index contributed by atoms with van der Waals surface area (Å²) >= 11 is 1.48. The van der Waals surface area contributed by atoms with Crippen LogP contribution in [0.1, 0.15) is 22.8 Å². The van der Waals surface area contributed by atoms with Crippen LogP contribution in [0, 0.1) is 11.3 Å². The summed E-state index contributed by atoms with van der Waals surface area (Å²) in [6.45, 7) is 0. The molecular formula is C14H13N3S. The Balaban J connectivity index is 1.81. The number of aromatic nitrogens is 1. The number of rotatable bonds is 3. The zero-order valence-corrected chi connectivity index (χ0v) is 10.9. The zero-order chi connectivity index (χ0) is 12.5. The highest BCUT2D eigenvalue weighted by Gasteiger charge is 2.36. The number of hydrogen-bond acceptors (Lipinski definition) is 4. The molecule has 1 aliphatic rings. The third kappa shape index (κ3) is 2.03. The number of nitrogens with one attached hydrogen (secondary N) is 1. The van der Waals surface area contributed by atoms with E-state index >= 15 is 0 Å². The molecule has 1 saturated carbocycles. The second-order valence-electron chi connectivity index (χ2n) is 4.49. The highest BCUT2D eigenvalue weighted by Crippen LogP contribution is 2.40. The summed E-state index contributed by atoms with van der Waals surface area (Å²) in [5.74, 6) is 0.620. The Morgan fingerprint density at radius 2 is 2.28 bits per heavy atom. The summed E-state index contributed by atoms with van der Waals surface area (Å²) in [7, 11) is 2.00. The van der Waals surface area contributed by atoms with Crippen molar-refractivity contribution in [1.82, 2.24) is 10.3 Å². The van der Waals surface area contributed by atoms with Gasteiger partial charge in [0.1, 0.15) is 10.9 Å². The molecule has 18 heavy (non-hydrogen) atoms. The number of pyridine rings is 1. The average molecular weight is 255 g/mol. The van der Waals surface area contributed by atoms with Crippen molar-refractivity contribution in [2.45, 2.75) is 18.4 Å². The van der Waals surface area contributed by atoms with Gasteiger partial charge >= 0.3 is 0 Å². The second-order valence-corrected chi connectivity index (χ2v) is 5.57. The van der Waals surface area contributed by atoms with Crippen molar-refractivity contribution in [1.29, 1.82) is 5.26 Å². The van der Waals surface area contributed by atoms with E-state index < -0.39 is 0 Å². The maximum Gasteiger partial charge on any atom is 0.110 e. The first-order valence-corrected chi connectivity index (χ1v) is 6.77. The molecule has 4 heteroatoms. The summed E-state index contributed by atoms with van der Waals surface area (Å²) < 4.78 is 0. The van der Waals surface area contributed by atoms with Crippen molar-refractivity contribution in [3.8, 4) is 16.6 Å². The summed E-state index contributed by atoms with van der Waals surface area (Å²) in [4.78, 5) is 6.28. The number of nitriles is 1. The predicted octanol–water partition coefficient (Wildman–Crippen LogP) is 2.76.